The molecule has 0 bridgehead atoms. The van der Waals surface area contributed by atoms with E-state index < -0.39 is 24.7 Å². The maximum Gasteiger partial charge on any atom is 0.406 e. The first-order valence-electron chi connectivity index (χ1n) is 6.28. The number of alkyl halides is 3. The lowest BCUT2D eigenvalue weighted by atomic mass is 10.1. The van der Waals surface area contributed by atoms with Gasteiger partial charge in [-0.3, -0.25) is 4.79 Å². The normalized spacial score (nSPS) is 11.8. The Morgan fingerprint density at radius 2 is 2.00 bits per heavy atom. The van der Waals surface area contributed by atoms with Crippen molar-refractivity contribution >= 4 is 17.5 Å². The minimum Gasteiger partial charge on any atom is -0.326 e. The molecule has 1 aromatic rings. The molecule has 20 heavy (non-hydrogen) atoms. The van der Waals surface area contributed by atoms with E-state index in [0.717, 1.165) is 4.90 Å². The molecule has 0 radical (unpaired) electrons. The van der Waals surface area contributed by atoms with E-state index in [4.69, 9.17) is 11.6 Å². The molecule has 1 rings (SSSR count). The van der Waals surface area contributed by atoms with Crippen LogP contribution < -0.4 is 0 Å². The van der Waals surface area contributed by atoms with Crippen molar-refractivity contribution in [1.82, 2.24) is 9.88 Å². The summed E-state index contributed by atoms with van der Waals surface area (Å²) in [5.74, 6) is -0.742. The van der Waals surface area contributed by atoms with Crippen LogP contribution in [-0.2, 0) is 0 Å². The highest BCUT2D eigenvalue weighted by Gasteiger charge is 2.36. The summed E-state index contributed by atoms with van der Waals surface area (Å²) in [6.07, 6.45) is -2.19. The molecule has 0 N–H and O–H groups in total. The molecule has 0 fully saturated rings. The number of carbonyl (C=O) groups excluding carboxylic acids is 1. The predicted molar refractivity (Wildman–Crippen MR) is 70.7 cm³/mol. The summed E-state index contributed by atoms with van der Waals surface area (Å²) in [7, 11) is 0. The van der Waals surface area contributed by atoms with Crippen LogP contribution in [0.3, 0.4) is 0 Å². The zero-order valence-electron chi connectivity index (χ0n) is 11.2. The maximum absolute atomic E-state index is 12.7. The Morgan fingerprint density at radius 1 is 1.40 bits per heavy atom. The van der Waals surface area contributed by atoms with E-state index in [0.29, 0.717) is 12.8 Å². The number of hydrogen-bond acceptors (Lipinski definition) is 2. The maximum atomic E-state index is 12.7. The Hall–Kier alpha value is -1.30. The molecule has 0 aliphatic carbocycles. The van der Waals surface area contributed by atoms with Gasteiger partial charge in [-0.1, -0.05) is 25.4 Å². The highest BCUT2D eigenvalue weighted by atomic mass is 35.5. The number of aromatic nitrogens is 1. The Labute approximate surface area is 120 Å². The molecule has 0 aliphatic heterocycles. The highest BCUT2D eigenvalue weighted by Crippen LogP contribution is 2.24. The fourth-order valence-corrected chi connectivity index (χ4v) is 2.19. The minimum absolute atomic E-state index is 0.00897. The Kier molecular flexibility index (Phi) is 5.80. The van der Waals surface area contributed by atoms with Gasteiger partial charge in [0.05, 0.1) is 5.56 Å². The molecule has 7 heteroatoms. The van der Waals surface area contributed by atoms with Crippen molar-refractivity contribution in [1.29, 1.82) is 0 Å². The molecule has 1 heterocycles. The zero-order chi connectivity index (χ0) is 15.3. The van der Waals surface area contributed by atoms with Crippen molar-refractivity contribution in [3.8, 4) is 0 Å². The van der Waals surface area contributed by atoms with Gasteiger partial charge in [0.1, 0.15) is 11.7 Å². The summed E-state index contributed by atoms with van der Waals surface area (Å²) in [6, 6.07) is 2.36. The van der Waals surface area contributed by atoms with Crippen molar-refractivity contribution in [3.63, 3.8) is 0 Å². The summed E-state index contributed by atoms with van der Waals surface area (Å²) in [5.41, 5.74) is -0.00897. The van der Waals surface area contributed by atoms with Crippen molar-refractivity contribution < 1.29 is 18.0 Å². The van der Waals surface area contributed by atoms with Crippen molar-refractivity contribution in [2.45, 2.75) is 38.9 Å². The van der Waals surface area contributed by atoms with Crippen LogP contribution in [0, 0.1) is 0 Å². The number of amides is 1. The quantitative estimate of drug-likeness (QED) is 0.772. The van der Waals surface area contributed by atoms with Crippen LogP contribution in [-0.4, -0.2) is 34.6 Å². The molecule has 1 amide bonds. The summed E-state index contributed by atoms with van der Waals surface area (Å²) < 4.78 is 38.0. The van der Waals surface area contributed by atoms with Crippen LogP contribution in [0.1, 0.15) is 37.0 Å². The van der Waals surface area contributed by atoms with Crippen LogP contribution in [0.15, 0.2) is 18.3 Å². The molecule has 0 atom stereocenters. The molecule has 0 saturated heterocycles. The topological polar surface area (TPSA) is 33.2 Å². The van der Waals surface area contributed by atoms with E-state index in [2.05, 4.69) is 4.98 Å². The summed E-state index contributed by atoms with van der Waals surface area (Å²) in [6.45, 7) is 2.20. The van der Waals surface area contributed by atoms with Gasteiger partial charge in [0.15, 0.2) is 0 Å². The van der Waals surface area contributed by atoms with Crippen LogP contribution in [0.2, 0.25) is 5.15 Å². The van der Waals surface area contributed by atoms with E-state index in [1.54, 1.807) is 13.8 Å². The Bertz CT molecular complexity index is 461. The van der Waals surface area contributed by atoms with Crippen LogP contribution in [0.4, 0.5) is 13.2 Å². The second kappa shape index (κ2) is 6.92. The third-order valence-corrected chi connectivity index (χ3v) is 3.28. The summed E-state index contributed by atoms with van der Waals surface area (Å²) in [4.78, 5) is 16.9. The Morgan fingerprint density at radius 3 is 2.45 bits per heavy atom. The summed E-state index contributed by atoms with van der Waals surface area (Å²) >= 11 is 5.79. The highest BCUT2D eigenvalue weighted by molar-refractivity contribution is 6.32. The lowest BCUT2D eigenvalue weighted by Crippen LogP contribution is -2.45. The van der Waals surface area contributed by atoms with Gasteiger partial charge in [0.2, 0.25) is 0 Å². The van der Waals surface area contributed by atoms with Crippen LogP contribution in [0.25, 0.3) is 0 Å². The second-order valence-corrected chi connectivity index (χ2v) is 4.72. The van der Waals surface area contributed by atoms with Gasteiger partial charge >= 0.3 is 6.18 Å². The second-order valence-electron chi connectivity index (χ2n) is 4.36. The molecule has 0 unspecified atom stereocenters. The molecule has 0 aromatic carbocycles. The monoisotopic (exact) mass is 308 g/mol. The van der Waals surface area contributed by atoms with Gasteiger partial charge in [0, 0.05) is 12.2 Å². The first-order valence-corrected chi connectivity index (χ1v) is 6.66. The van der Waals surface area contributed by atoms with E-state index in [9.17, 15) is 18.0 Å². The smallest absolute Gasteiger partial charge is 0.326 e. The predicted octanol–water partition coefficient (Wildman–Crippen LogP) is 3.93. The van der Waals surface area contributed by atoms with E-state index >= 15 is 0 Å². The lowest BCUT2D eigenvalue weighted by Gasteiger charge is -2.31. The SMILES string of the molecule is CCC(CC)N(CC(F)(F)F)C(=O)c1cccnc1Cl. The third-order valence-electron chi connectivity index (χ3n) is 2.98. The molecular formula is C13H16ClF3N2O. The Balaban J connectivity index is 3.10. The molecule has 0 aliphatic rings. The van der Waals surface area contributed by atoms with Gasteiger partial charge < -0.3 is 4.90 Å². The number of hydrogen-bond donors (Lipinski definition) is 0. The number of nitrogens with zero attached hydrogens (tertiary/aromatic N) is 2. The van der Waals surface area contributed by atoms with Gasteiger partial charge in [-0.25, -0.2) is 4.98 Å². The molecule has 1 aromatic heterocycles. The fourth-order valence-electron chi connectivity index (χ4n) is 1.99. The molecular weight excluding hydrogens is 293 g/mol. The van der Waals surface area contributed by atoms with Crippen LogP contribution >= 0.6 is 11.6 Å². The van der Waals surface area contributed by atoms with Crippen molar-refractivity contribution in [3.05, 3.63) is 29.0 Å². The first-order chi connectivity index (χ1) is 9.30. The largest absolute Gasteiger partial charge is 0.406 e. The van der Waals surface area contributed by atoms with E-state index in [1.165, 1.54) is 18.3 Å². The van der Waals surface area contributed by atoms with E-state index in [-0.39, 0.29) is 10.7 Å². The average molecular weight is 309 g/mol. The van der Waals surface area contributed by atoms with Gasteiger partial charge in [-0.05, 0) is 25.0 Å². The molecule has 0 spiro atoms. The van der Waals surface area contributed by atoms with Crippen LogP contribution in [0.5, 0.6) is 0 Å². The summed E-state index contributed by atoms with van der Waals surface area (Å²) in [5, 5.41) is -0.0874. The average Bonchev–Trinajstić information content (AvgIpc) is 2.37. The number of carbonyl (C=O) groups is 1. The van der Waals surface area contributed by atoms with Gasteiger partial charge in [0.25, 0.3) is 5.91 Å². The number of rotatable bonds is 5. The van der Waals surface area contributed by atoms with Crippen molar-refractivity contribution in [2.75, 3.05) is 6.54 Å². The lowest BCUT2D eigenvalue weighted by molar-refractivity contribution is -0.144. The van der Waals surface area contributed by atoms with Crippen molar-refractivity contribution in [2.24, 2.45) is 0 Å². The molecule has 0 saturated carbocycles. The van der Waals surface area contributed by atoms with Gasteiger partial charge in [-0.2, -0.15) is 13.2 Å². The number of pyridine rings is 1. The minimum atomic E-state index is -4.45. The first kappa shape index (κ1) is 16.8. The fraction of sp³-hybridized carbons (Fsp3) is 0.538. The van der Waals surface area contributed by atoms with Gasteiger partial charge in [-0.15, -0.1) is 0 Å². The zero-order valence-corrected chi connectivity index (χ0v) is 12.0. The molecule has 112 valence electrons. The number of halogens is 4. The molecule has 3 nitrogen and oxygen atoms in total. The third kappa shape index (κ3) is 4.37. The van der Waals surface area contributed by atoms with E-state index in [1.807, 2.05) is 0 Å². The standard InChI is InChI=1S/C13H16ClF3N2O/c1-3-9(4-2)19(8-13(15,16)17)12(20)10-6-5-7-18-11(10)14/h5-7,9H,3-4,8H2,1-2H3.